The minimum Gasteiger partial charge on any atom is -0.478 e. The third-order valence-electron chi connectivity index (χ3n) is 1.39. The predicted octanol–water partition coefficient (Wildman–Crippen LogP) is 0.0710. The fourth-order valence-electron chi connectivity index (χ4n) is 0.825. The summed E-state index contributed by atoms with van der Waals surface area (Å²) in [4.78, 5) is 10.0. The van der Waals surface area contributed by atoms with Crippen molar-refractivity contribution in [1.29, 1.82) is 0 Å². The number of carbonyl (C=O) groups is 1. The Morgan fingerprint density at radius 2 is 2.54 bits per heavy atom. The summed E-state index contributed by atoms with van der Waals surface area (Å²) in [5.74, 6) is -0.952. The molecule has 0 amide bonds. The Bertz CT molecular complexity index is 280. The van der Waals surface area contributed by atoms with Gasteiger partial charge in [-0.3, -0.25) is 4.68 Å². The first-order valence-electron chi connectivity index (χ1n) is 3.89. The van der Waals surface area contributed by atoms with E-state index in [1.165, 1.54) is 6.20 Å². The number of carboxylic acid groups (broad SMARTS) is 1. The van der Waals surface area contributed by atoms with Crippen LogP contribution in [0.4, 0.5) is 0 Å². The molecule has 1 heterocycles. The molecule has 0 saturated carbocycles. The first kappa shape index (κ1) is 9.31. The van der Waals surface area contributed by atoms with Gasteiger partial charge in [0, 0.05) is 31.2 Å². The van der Waals surface area contributed by atoms with Gasteiger partial charge in [0.2, 0.25) is 0 Å². The zero-order valence-electron chi connectivity index (χ0n) is 7.05. The molecule has 5 heteroatoms. The molecular formula is C8H11N3O2. The number of aliphatic carboxylic acids is 1. The van der Waals surface area contributed by atoms with Gasteiger partial charge in [-0.1, -0.05) is 0 Å². The molecule has 0 aliphatic heterocycles. The Hall–Kier alpha value is -1.78. The quantitative estimate of drug-likeness (QED) is 0.498. The van der Waals surface area contributed by atoms with Crippen molar-refractivity contribution in [3.8, 4) is 0 Å². The maximum atomic E-state index is 10.0. The van der Waals surface area contributed by atoms with Crippen LogP contribution >= 0.6 is 0 Å². The molecule has 0 spiro atoms. The summed E-state index contributed by atoms with van der Waals surface area (Å²) in [6, 6.07) is 1.84. The molecule has 0 aliphatic rings. The Balaban J connectivity index is 2.12. The average Bonchev–Trinajstić information content (AvgIpc) is 2.55. The average molecular weight is 181 g/mol. The van der Waals surface area contributed by atoms with Gasteiger partial charge in [0.05, 0.1) is 6.54 Å². The molecule has 2 N–H and O–H groups in total. The first-order chi connectivity index (χ1) is 6.29. The second-order valence-corrected chi connectivity index (χ2v) is 2.39. The summed E-state index contributed by atoms with van der Waals surface area (Å²) >= 11 is 0. The monoisotopic (exact) mass is 181 g/mol. The van der Waals surface area contributed by atoms with Gasteiger partial charge in [0.25, 0.3) is 0 Å². The molecule has 5 nitrogen and oxygen atoms in total. The zero-order chi connectivity index (χ0) is 9.52. The SMILES string of the molecule is O=C(O)/C=C/NCCn1cccn1. The standard InChI is InChI=1S/C8H11N3O2/c12-8(13)2-4-9-5-7-11-6-1-3-10-11/h1-4,6,9H,5,7H2,(H,12,13)/b4-2+. The highest BCUT2D eigenvalue weighted by molar-refractivity contribution is 5.79. The molecule has 0 bridgehead atoms. The molecule has 0 aliphatic carbocycles. The fraction of sp³-hybridized carbons (Fsp3) is 0.250. The van der Waals surface area contributed by atoms with E-state index in [0.717, 1.165) is 12.6 Å². The van der Waals surface area contributed by atoms with Crippen LogP contribution < -0.4 is 5.32 Å². The molecule has 0 aromatic carbocycles. The van der Waals surface area contributed by atoms with Crippen LogP contribution in [-0.4, -0.2) is 27.4 Å². The van der Waals surface area contributed by atoms with Crippen molar-refractivity contribution in [1.82, 2.24) is 15.1 Å². The van der Waals surface area contributed by atoms with Gasteiger partial charge in [0.15, 0.2) is 0 Å². The predicted molar refractivity (Wildman–Crippen MR) is 47.0 cm³/mol. The van der Waals surface area contributed by atoms with Crippen LogP contribution in [-0.2, 0) is 11.3 Å². The lowest BCUT2D eigenvalue weighted by Gasteiger charge is -2.00. The fourth-order valence-corrected chi connectivity index (χ4v) is 0.825. The second-order valence-electron chi connectivity index (χ2n) is 2.39. The van der Waals surface area contributed by atoms with Crippen molar-refractivity contribution in [2.45, 2.75) is 6.54 Å². The molecule has 0 fully saturated rings. The molecule has 0 atom stereocenters. The van der Waals surface area contributed by atoms with Crippen LogP contribution in [0.1, 0.15) is 0 Å². The van der Waals surface area contributed by atoms with E-state index >= 15 is 0 Å². The van der Waals surface area contributed by atoms with Gasteiger partial charge in [-0.05, 0) is 6.07 Å². The molecule has 0 radical (unpaired) electrons. The van der Waals surface area contributed by atoms with Crippen molar-refractivity contribution in [2.75, 3.05) is 6.54 Å². The zero-order valence-corrected chi connectivity index (χ0v) is 7.05. The number of aromatic nitrogens is 2. The summed E-state index contributed by atoms with van der Waals surface area (Å²) in [7, 11) is 0. The first-order valence-corrected chi connectivity index (χ1v) is 3.89. The number of hydrogen-bond donors (Lipinski definition) is 2. The largest absolute Gasteiger partial charge is 0.478 e. The lowest BCUT2D eigenvalue weighted by molar-refractivity contribution is -0.131. The van der Waals surface area contributed by atoms with Gasteiger partial charge >= 0.3 is 5.97 Å². The van der Waals surface area contributed by atoms with Crippen LogP contribution in [0.25, 0.3) is 0 Å². The summed E-state index contributed by atoms with van der Waals surface area (Å²) in [5.41, 5.74) is 0. The smallest absolute Gasteiger partial charge is 0.329 e. The molecule has 1 aromatic heterocycles. The van der Waals surface area contributed by atoms with E-state index in [1.807, 2.05) is 12.3 Å². The number of nitrogens with zero attached hydrogens (tertiary/aromatic N) is 2. The van der Waals surface area contributed by atoms with Crippen molar-refractivity contribution in [3.05, 3.63) is 30.7 Å². The van der Waals surface area contributed by atoms with Crippen molar-refractivity contribution >= 4 is 5.97 Å². The summed E-state index contributed by atoms with van der Waals surface area (Å²) in [5, 5.41) is 15.1. The van der Waals surface area contributed by atoms with E-state index in [2.05, 4.69) is 10.4 Å². The molecule has 70 valence electrons. The lowest BCUT2D eigenvalue weighted by Crippen LogP contribution is -2.14. The van der Waals surface area contributed by atoms with E-state index in [4.69, 9.17) is 5.11 Å². The minimum absolute atomic E-state index is 0.658. The molecule has 13 heavy (non-hydrogen) atoms. The summed E-state index contributed by atoms with van der Waals surface area (Å²) in [6.45, 7) is 1.38. The third kappa shape index (κ3) is 3.95. The van der Waals surface area contributed by atoms with Gasteiger partial charge in [-0.25, -0.2) is 4.79 Å². The van der Waals surface area contributed by atoms with Crippen LogP contribution in [0.15, 0.2) is 30.7 Å². The molecule has 0 saturated heterocycles. The van der Waals surface area contributed by atoms with Crippen LogP contribution in [0.5, 0.6) is 0 Å². The van der Waals surface area contributed by atoms with Crippen LogP contribution in [0.3, 0.4) is 0 Å². The van der Waals surface area contributed by atoms with E-state index in [0.29, 0.717) is 6.54 Å². The minimum atomic E-state index is -0.952. The molecule has 1 rings (SSSR count). The van der Waals surface area contributed by atoms with Gasteiger partial charge in [0.1, 0.15) is 0 Å². The second kappa shape index (κ2) is 4.97. The molecule has 0 unspecified atom stereocenters. The highest BCUT2D eigenvalue weighted by Gasteiger charge is 1.87. The Labute approximate surface area is 75.7 Å². The van der Waals surface area contributed by atoms with Crippen LogP contribution in [0.2, 0.25) is 0 Å². The number of hydrogen-bond acceptors (Lipinski definition) is 3. The van der Waals surface area contributed by atoms with E-state index in [1.54, 1.807) is 10.9 Å². The van der Waals surface area contributed by atoms with E-state index in [-0.39, 0.29) is 0 Å². The topological polar surface area (TPSA) is 67.2 Å². The summed E-state index contributed by atoms with van der Waals surface area (Å²) in [6.07, 6.45) is 6.02. The molecular weight excluding hydrogens is 170 g/mol. The summed E-state index contributed by atoms with van der Waals surface area (Å²) < 4.78 is 1.77. The van der Waals surface area contributed by atoms with Gasteiger partial charge in [-0.15, -0.1) is 0 Å². The highest BCUT2D eigenvalue weighted by atomic mass is 16.4. The number of rotatable bonds is 5. The van der Waals surface area contributed by atoms with E-state index < -0.39 is 5.97 Å². The maximum Gasteiger partial charge on any atom is 0.329 e. The normalized spacial score (nSPS) is 10.5. The third-order valence-corrected chi connectivity index (χ3v) is 1.39. The van der Waals surface area contributed by atoms with E-state index in [9.17, 15) is 4.79 Å². The lowest BCUT2D eigenvalue weighted by atomic mass is 10.6. The number of nitrogens with one attached hydrogen (secondary N) is 1. The number of carboxylic acids is 1. The van der Waals surface area contributed by atoms with Crippen molar-refractivity contribution < 1.29 is 9.90 Å². The molecule has 1 aromatic rings. The van der Waals surface area contributed by atoms with Crippen LogP contribution in [0, 0.1) is 0 Å². The Kier molecular flexibility index (Phi) is 3.56. The highest BCUT2D eigenvalue weighted by Crippen LogP contribution is 1.82. The van der Waals surface area contributed by atoms with Gasteiger partial charge < -0.3 is 10.4 Å². The van der Waals surface area contributed by atoms with Gasteiger partial charge in [-0.2, -0.15) is 5.10 Å². The van der Waals surface area contributed by atoms with Crippen molar-refractivity contribution in [3.63, 3.8) is 0 Å². The van der Waals surface area contributed by atoms with Crippen molar-refractivity contribution in [2.24, 2.45) is 0 Å². The maximum absolute atomic E-state index is 10.0. The Morgan fingerprint density at radius 1 is 1.69 bits per heavy atom. The Morgan fingerprint density at radius 3 is 3.15 bits per heavy atom.